The number of nitrogens with zero attached hydrogens (tertiary/aromatic N) is 3. The Bertz CT molecular complexity index is 1180. The van der Waals surface area contributed by atoms with Gasteiger partial charge in [0.05, 0.1) is 22.5 Å². The number of aromatic nitrogens is 3. The lowest BCUT2D eigenvalue weighted by Gasteiger charge is -2.11. The molecule has 0 unspecified atom stereocenters. The zero-order valence-electron chi connectivity index (χ0n) is 16.2. The predicted octanol–water partition coefficient (Wildman–Crippen LogP) is 4.18. The molecule has 0 atom stereocenters. The Hall–Kier alpha value is -3.47. The summed E-state index contributed by atoms with van der Waals surface area (Å²) >= 11 is 0. The largest absolute Gasteiger partial charge is 0.348 e. The average Bonchev–Trinajstić information content (AvgIpc) is 3.02. The lowest BCUT2D eigenvalue weighted by Crippen LogP contribution is -2.23. The van der Waals surface area contributed by atoms with Crippen molar-refractivity contribution in [3.8, 4) is 11.3 Å². The fourth-order valence-corrected chi connectivity index (χ4v) is 3.41. The van der Waals surface area contributed by atoms with Crippen LogP contribution in [-0.2, 0) is 13.6 Å². The number of amides is 1. The van der Waals surface area contributed by atoms with Crippen molar-refractivity contribution < 1.29 is 4.79 Å². The minimum absolute atomic E-state index is 0.115. The van der Waals surface area contributed by atoms with Crippen LogP contribution in [-0.4, -0.2) is 20.7 Å². The number of carbonyl (C=O) groups is 1. The van der Waals surface area contributed by atoms with Crippen molar-refractivity contribution in [3.63, 3.8) is 0 Å². The second kappa shape index (κ2) is 7.27. The van der Waals surface area contributed by atoms with Gasteiger partial charge in [0.1, 0.15) is 0 Å². The lowest BCUT2D eigenvalue weighted by atomic mass is 10.0. The molecule has 0 aliphatic heterocycles. The van der Waals surface area contributed by atoms with E-state index in [0.717, 1.165) is 39.0 Å². The molecule has 28 heavy (non-hydrogen) atoms. The summed E-state index contributed by atoms with van der Waals surface area (Å²) in [6, 6.07) is 17.8. The molecule has 5 heteroatoms. The zero-order valence-corrected chi connectivity index (χ0v) is 16.2. The summed E-state index contributed by atoms with van der Waals surface area (Å²) < 4.78 is 1.76. The second-order valence-corrected chi connectivity index (χ2v) is 7.04. The Morgan fingerprint density at radius 2 is 1.89 bits per heavy atom. The highest BCUT2D eigenvalue weighted by molar-refractivity contribution is 6.07. The van der Waals surface area contributed by atoms with Crippen LogP contribution in [0.2, 0.25) is 0 Å². The molecule has 4 aromatic rings. The number of carbonyl (C=O) groups excluding carboxylic acids is 1. The Balaban J connectivity index is 1.72. The van der Waals surface area contributed by atoms with Crippen LogP contribution in [0.4, 0.5) is 0 Å². The number of benzene rings is 2. The highest BCUT2D eigenvalue weighted by Gasteiger charge is 2.14. The number of para-hydroxylation sites is 1. The molecule has 0 saturated carbocycles. The Kier molecular flexibility index (Phi) is 4.65. The fraction of sp³-hybridized carbons (Fsp3) is 0.174. The molecule has 2 aromatic carbocycles. The van der Waals surface area contributed by atoms with Crippen LogP contribution in [0.1, 0.15) is 27.2 Å². The van der Waals surface area contributed by atoms with Crippen molar-refractivity contribution in [1.29, 1.82) is 0 Å². The van der Waals surface area contributed by atoms with Gasteiger partial charge in [0, 0.05) is 36.3 Å². The normalized spacial score (nSPS) is 11.0. The summed E-state index contributed by atoms with van der Waals surface area (Å²) in [5.41, 5.74) is 6.32. The fourth-order valence-electron chi connectivity index (χ4n) is 3.41. The molecule has 2 aromatic heterocycles. The number of hydrogen-bond donors (Lipinski definition) is 1. The third-order valence-corrected chi connectivity index (χ3v) is 4.83. The van der Waals surface area contributed by atoms with Crippen molar-refractivity contribution in [1.82, 2.24) is 20.1 Å². The van der Waals surface area contributed by atoms with Crippen LogP contribution < -0.4 is 5.32 Å². The van der Waals surface area contributed by atoms with E-state index in [0.29, 0.717) is 12.1 Å². The molecule has 0 radical (unpaired) electrons. The minimum atomic E-state index is -0.115. The molecule has 0 fully saturated rings. The van der Waals surface area contributed by atoms with E-state index in [1.807, 2.05) is 75.6 Å². The van der Waals surface area contributed by atoms with E-state index < -0.39 is 0 Å². The highest BCUT2D eigenvalue weighted by atomic mass is 16.1. The van der Waals surface area contributed by atoms with E-state index in [4.69, 9.17) is 4.98 Å². The Morgan fingerprint density at radius 3 is 2.64 bits per heavy atom. The van der Waals surface area contributed by atoms with Gasteiger partial charge < -0.3 is 5.32 Å². The van der Waals surface area contributed by atoms with Crippen molar-refractivity contribution >= 4 is 16.8 Å². The summed E-state index contributed by atoms with van der Waals surface area (Å²) in [6.07, 6.45) is 1.93. The maximum Gasteiger partial charge on any atom is 0.252 e. The second-order valence-electron chi connectivity index (χ2n) is 7.04. The first-order chi connectivity index (χ1) is 13.5. The first kappa shape index (κ1) is 17.9. The predicted molar refractivity (Wildman–Crippen MR) is 111 cm³/mol. The monoisotopic (exact) mass is 370 g/mol. The van der Waals surface area contributed by atoms with Crippen molar-refractivity contribution in [2.45, 2.75) is 20.4 Å². The topological polar surface area (TPSA) is 59.8 Å². The van der Waals surface area contributed by atoms with Crippen molar-refractivity contribution in [3.05, 3.63) is 83.2 Å². The number of fused-ring (bicyclic) bond motifs is 1. The maximum atomic E-state index is 13.0. The van der Waals surface area contributed by atoms with Crippen LogP contribution in [0.25, 0.3) is 22.2 Å². The third kappa shape index (κ3) is 3.51. The van der Waals surface area contributed by atoms with Crippen LogP contribution in [0.5, 0.6) is 0 Å². The van der Waals surface area contributed by atoms with Gasteiger partial charge in [-0.2, -0.15) is 5.10 Å². The molecule has 1 N–H and O–H groups in total. The van der Waals surface area contributed by atoms with E-state index in [9.17, 15) is 4.79 Å². The summed E-state index contributed by atoms with van der Waals surface area (Å²) in [7, 11) is 1.88. The molecule has 5 nitrogen and oxygen atoms in total. The smallest absolute Gasteiger partial charge is 0.252 e. The molecule has 0 aliphatic rings. The van der Waals surface area contributed by atoms with E-state index in [1.54, 1.807) is 4.68 Å². The number of nitrogens with one attached hydrogen (secondary N) is 1. The van der Waals surface area contributed by atoms with E-state index in [2.05, 4.69) is 16.5 Å². The summed E-state index contributed by atoms with van der Waals surface area (Å²) in [6.45, 7) is 4.43. The molecule has 140 valence electrons. The van der Waals surface area contributed by atoms with Gasteiger partial charge in [-0.25, -0.2) is 4.98 Å². The first-order valence-electron chi connectivity index (χ1n) is 9.25. The Morgan fingerprint density at radius 1 is 1.07 bits per heavy atom. The molecular weight excluding hydrogens is 348 g/mol. The lowest BCUT2D eigenvalue weighted by molar-refractivity contribution is 0.0952. The van der Waals surface area contributed by atoms with Gasteiger partial charge in [0.25, 0.3) is 5.91 Å². The summed E-state index contributed by atoms with van der Waals surface area (Å²) in [5.74, 6) is -0.115. The molecule has 0 bridgehead atoms. The highest BCUT2D eigenvalue weighted by Crippen LogP contribution is 2.25. The van der Waals surface area contributed by atoms with Crippen LogP contribution in [0, 0.1) is 13.8 Å². The Labute approximate surface area is 164 Å². The number of pyridine rings is 1. The van der Waals surface area contributed by atoms with Gasteiger partial charge in [0.2, 0.25) is 0 Å². The van der Waals surface area contributed by atoms with Gasteiger partial charge in [-0.05, 0) is 32.0 Å². The van der Waals surface area contributed by atoms with E-state index in [1.165, 1.54) is 0 Å². The van der Waals surface area contributed by atoms with Crippen LogP contribution in [0.15, 0.2) is 60.8 Å². The van der Waals surface area contributed by atoms with Crippen LogP contribution in [0.3, 0.4) is 0 Å². The zero-order chi connectivity index (χ0) is 19.7. The van der Waals surface area contributed by atoms with E-state index in [-0.39, 0.29) is 5.91 Å². The van der Waals surface area contributed by atoms with Gasteiger partial charge in [-0.3, -0.25) is 9.48 Å². The number of hydrogen-bond acceptors (Lipinski definition) is 3. The summed E-state index contributed by atoms with van der Waals surface area (Å²) in [5, 5.41) is 8.21. The van der Waals surface area contributed by atoms with Gasteiger partial charge in [-0.15, -0.1) is 0 Å². The molecular formula is C23H22N4O. The number of aryl methyl sites for hydroxylation is 3. The molecule has 0 saturated heterocycles. The minimum Gasteiger partial charge on any atom is -0.348 e. The molecule has 0 spiro atoms. The summed E-state index contributed by atoms with van der Waals surface area (Å²) in [4.78, 5) is 17.8. The van der Waals surface area contributed by atoms with Gasteiger partial charge in [0.15, 0.2) is 0 Å². The molecule has 0 aliphatic carbocycles. The maximum absolute atomic E-state index is 13.0. The van der Waals surface area contributed by atoms with Crippen molar-refractivity contribution in [2.24, 2.45) is 7.05 Å². The average molecular weight is 370 g/mol. The third-order valence-electron chi connectivity index (χ3n) is 4.83. The quantitative estimate of drug-likeness (QED) is 0.586. The van der Waals surface area contributed by atoms with Gasteiger partial charge >= 0.3 is 0 Å². The first-order valence-corrected chi connectivity index (χ1v) is 9.25. The number of rotatable bonds is 4. The standard InChI is InChI=1S/C23H22N4O/c1-15-7-6-8-17(11-15)22-12-20(19-9-4-5-10-21(19)25-22)23(28)24-13-18-14-27(3)26-16(18)2/h4-12,14H,13H2,1-3H3,(H,24,28). The molecule has 4 rings (SSSR count). The van der Waals surface area contributed by atoms with Gasteiger partial charge in [-0.1, -0.05) is 42.0 Å². The molecule has 2 heterocycles. The van der Waals surface area contributed by atoms with E-state index >= 15 is 0 Å². The SMILES string of the molecule is Cc1cccc(-c2cc(C(=O)NCc3cn(C)nc3C)c3ccccc3n2)c1. The van der Waals surface area contributed by atoms with Crippen molar-refractivity contribution in [2.75, 3.05) is 0 Å². The van der Waals surface area contributed by atoms with Crippen LogP contribution >= 0.6 is 0 Å². The molecule has 1 amide bonds.